The molecule has 0 unspecified atom stereocenters. The quantitative estimate of drug-likeness (QED) is 0.422. The molecule has 2 aromatic carbocycles. The molecule has 1 N–H and O–H groups in total. The van der Waals surface area contributed by atoms with E-state index in [1.54, 1.807) is 48.3 Å². The number of rotatable bonds is 5. The summed E-state index contributed by atoms with van der Waals surface area (Å²) in [7, 11) is 1.60. The van der Waals surface area contributed by atoms with Crippen LogP contribution in [0.5, 0.6) is 0 Å². The molecule has 0 fully saturated rings. The molecular formula is C25H19ClN6O2. The maximum atomic E-state index is 13.4. The molecule has 34 heavy (non-hydrogen) atoms. The highest BCUT2D eigenvalue weighted by Gasteiger charge is 2.16. The Labute approximate surface area is 199 Å². The summed E-state index contributed by atoms with van der Waals surface area (Å²) in [6.07, 6.45) is 4.91. The molecule has 168 valence electrons. The molecule has 0 spiro atoms. The zero-order valence-electron chi connectivity index (χ0n) is 18.1. The van der Waals surface area contributed by atoms with E-state index in [4.69, 9.17) is 16.6 Å². The molecule has 0 aliphatic carbocycles. The summed E-state index contributed by atoms with van der Waals surface area (Å²) in [5, 5.41) is 3.59. The first-order valence-corrected chi connectivity index (χ1v) is 10.9. The molecule has 0 aliphatic heterocycles. The Morgan fingerprint density at radius 1 is 0.971 bits per heavy atom. The number of carbonyl (C=O) groups excluding carboxylic acids is 1. The number of benzene rings is 2. The third-order valence-corrected chi connectivity index (χ3v) is 5.65. The Bertz CT molecular complexity index is 1560. The van der Waals surface area contributed by atoms with Crippen LogP contribution in [-0.4, -0.2) is 37.0 Å². The first kappa shape index (κ1) is 21.5. The molecule has 0 aliphatic rings. The van der Waals surface area contributed by atoms with Crippen LogP contribution >= 0.6 is 11.6 Å². The second-order valence-corrected chi connectivity index (χ2v) is 7.99. The molecule has 8 nitrogen and oxygen atoms in total. The molecule has 3 aromatic heterocycles. The van der Waals surface area contributed by atoms with Gasteiger partial charge in [-0.1, -0.05) is 48.0 Å². The van der Waals surface area contributed by atoms with E-state index in [2.05, 4.69) is 15.3 Å². The van der Waals surface area contributed by atoms with Gasteiger partial charge in [0.1, 0.15) is 24.0 Å². The number of imidazole rings is 1. The zero-order chi connectivity index (χ0) is 23.7. The highest BCUT2D eigenvalue weighted by Crippen LogP contribution is 2.25. The number of amides is 1. The lowest BCUT2D eigenvalue weighted by Gasteiger charge is -2.14. The zero-order valence-corrected chi connectivity index (χ0v) is 18.9. The number of para-hydroxylation sites is 1. The average molecular weight is 471 g/mol. The number of hydrogen-bond acceptors (Lipinski definition) is 5. The van der Waals surface area contributed by atoms with Crippen molar-refractivity contribution in [2.45, 2.75) is 6.54 Å². The minimum Gasteiger partial charge on any atom is -0.358 e. The van der Waals surface area contributed by atoms with E-state index in [0.717, 1.165) is 11.1 Å². The number of carbonyl (C=O) groups is 1. The number of likely N-dealkylation sites (N-methyl/N-ethyl adjacent to an activating group) is 1. The summed E-state index contributed by atoms with van der Waals surface area (Å²) >= 11 is 6.01. The van der Waals surface area contributed by atoms with Crippen molar-refractivity contribution in [1.29, 1.82) is 0 Å². The molecule has 0 saturated carbocycles. The van der Waals surface area contributed by atoms with Crippen molar-refractivity contribution >= 4 is 28.4 Å². The van der Waals surface area contributed by atoms with E-state index in [1.807, 2.05) is 36.4 Å². The second-order valence-electron chi connectivity index (χ2n) is 7.56. The van der Waals surface area contributed by atoms with Gasteiger partial charge in [-0.2, -0.15) is 0 Å². The van der Waals surface area contributed by atoms with Gasteiger partial charge < -0.3 is 9.88 Å². The first-order chi connectivity index (χ1) is 16.5. The minimum absolute atomic E-state index is 0.115. The lowest BCUT2D eigenvalue weighted by molar-refractivity contribution is -0.121. The van der Waals surface area contributed by atoms with Crippen LogP contribution in [0.4, 0.5) is 0 Å². The van der Waals surface area contributed by atoms with Crippen LogP contribution in [0, 0.1) is 0 Å². The van der Waals surface area contributed by atoms with Crippen LogP contribution in [0.15, 0.2) is 84.0 Å². The molecule has 1 amide bonds. The summed E-state index contributed by atoms with van der Waals surface area (Å²) < 4.78 is 3.26. The number of nitrogens with zero attached hydrogens (tertiary/aromatic N) is 5. The van der Waals surface area contributed by atoms with Gasteiger partial charge in [0.25, 0.3) is 5.56 Å². The normalized spacial score (nSPS) is 11.0. The Hall–Kier alpha value is -4.30. The Kier molecular flexibility index (Phi) is 5.65. The maximum absolute atomic E-state index is 13.4. The molecular weight excluding hydrogens is 452 g/mol. The van der Waals surface area contributed by atoms with Crippen LogP contribution in [-0.2, 0) is 11.3 Å². The van der Waals surface area contributed by atoms with Gasteiger partial charge in [0.15, 0.2) is 0 Å². The Balaban J connectivity index is 1.63. The van der Waals surface area contributed by atoms with Crippen LogP contribution in [0.2, 0.25) is 5.02 Å². The summed E-state index contributed by atoms with van der Waals surface area (Å²) in [5.41, 5.74) is 1.93. The van der Waals surface area contributed by atoms with Gasteiger partial charge in [0.05, 0.1) is 15.9 Å². The summed E-state index contributed by atoms with van der Waals surface area (Å²) in [4.78, 5) is 38.8. The third kappa shape index (κ3) is 3.95. The summed E-state index contributed by atoms with van der Waals surface area (Å²) in [6, 6.07) is 18.1. The van der Waals surface area contributed by atoms with Gasteiger partial charge in [-0.15, -0.1) is 0 Å². The summed E-state index contributed by atoms with van der Waals surface area (Å²) in [6.45, 7) is 0.168. The molecule has 0 saturated heterocycles. The van der Waals surface area contributed by atoms with Crippen molar-refractivity contribution in [3.05, 3.63) is 94.6 Å². The highest BCUT2D eigenvalue weighted by atomic mass is 35.5. The second kappa shape index (κ2) is 8.92. The Morgan fingerprint density at radius 2 is 1.71 bits per heavy atom. The van der Waals surface area contributed by atoms with Gasteiger partial charge in [-0.25, -0.2) is 19.5 Å². The molecule has 3 heterocycles. The number of pyridine rings is 1. The smallest absolute Gasteiger partial charge is 0.267 e. The largest absolute Gasteiger partial charge is 0.358 e. The van der Waals surface area contributed by atoms with Crippen molar-refractivity contribution in [3.8, 4) is 28.6 Å². The molecule has 0 radical (unpaired) electrons. The number of nitrogens with one attached hydrogen (secondary N) is 1. The van der Waals surface area contributed by atoms with E-state index in [9.17, 15) is 9.59 Å². The third-order valence-electron chi connectivity index (χ3n) is 5.43. The lowest BCUT2D eigenvalue weighted by Crippen LogP contribution is -2.23. The first-order valence-electron chi connectivity index (χ1n) is 10.5. The van der Waals surface area contributed by atoms with Gasteiger partial charge in [-0.3, -0.25) is 9.59 Å². The van der Waals surface area contributed by atoms with Gasteiger partial charge in [-0.05, 0) is 24.3 Å². The average Bonchev–Trinajstić information content (AvgIpc) is 3.33. The van der Waals surface area contributed by atoms with Crippen molar-refractivity contribution in [3.63, 3.8) is 0 Å². The van der Waals surface area contributed by atoms with Gasteiger partial charge in [0.2, 0.25) is 5.91 Å². The topological polar surface area (TPSA) is 94.7 Å². The highest BCUT2D eigenvalue weighted by molar-refractivity contribution is 6.30. The molecule has 0 atom stereocenters. The van der Waals surface area contributed by atoms with Crippen LogP contribution in [0.1, 0.15) is 0 Å². The fourth-order valence-electron chi connectivity index (χ4n) is 3.74. The van der Waals surface area contributed by atoms with E-state index < -0.39 is 0 Å². The number of halogens is 1. The standard InChI is InChI=1S/C25H19ClN6O2/c1-27-22(33)15-31-13-12-28-23(31)16-6-8-17(9-7-16)24-30-20-5-3-2-4-19(20)25(34)32(24)21-11-10-18(26)14-29-21/h2-14H,15H2,1H3,(H,27,33). The fourth-order valence-corrected chi connectivity index (χ4v) is 3.85. The van der Waals surface area contributed by atoms with Crippen molar-refractivity contribution < 1.29 is 4.79 Å². The predicted molar refractivity (Wildman–Crippen MR) is 131 cm³/mol. The van der Waals surface area contributed by atoms with Gasteiger partial charge in [0, 0.05) is 36.8 Å². The van der Waals surface area contributed by atoms with Gasteiger partial charge >= 0.3 is 0 Å². The van der Waals surface area contributed by atoms with E-state index >= 15 is 0 Å². The van der Waals surface area contributed by atoms with Crippen LogP contribution < -0.4 is 10.9 Å². The van der Waals surface area contributed by atoms with Crippen LogP contribution in [0.3, 0.4) is 0 Å². The monoisotopic (exact) mass is 470 g/mol. The van der Waals surface area contributed by atoms with E-state index in [-0.39, 0.29) is 18.0 Å². The minimum atomic E-state index is -0.222. The predicted octanol–water partition coefficient (Wildman–Crippen LogP) is 3.71. The summed E-state index contributed by atoms with van der Waals surface area (Å²) in [5.74, 6) is 1.43. The number of hydrogen-bond donors (Lipinski definition) is 1. The molecule has 5 rings (SSSR count). The van der Waals surface area contributed by atoms with Crippen molar-refractivity contribution in [1.82, 2.24) is 29.4 Å². The maximum Gasteiger partial charge on any atom is 0.267 e. The number of aromatic nitrogens is 5. The van der Waals surface area contributed by atoms with Crippen LogP contribution in [0.25, 0.3) is 39.5 Å². The lowest BCUT2D eigenvalue weighted by atomic mass is 10.1. The fraction of sp³-hybridized carbons (Fsp3) is 0.0800. The van der Waals surface area contributed by atoms with Crippen molar-refractivity contribution in [2.75, 3.05) is 7.05 Å². The molecule has 0 bridgehead atoms. The van der Waals surface area contributed by atoms with E-state index in [1.165, 1.54) is 10.8 Å². The number of fused-ring (bicyclic) bond motifs is 1. The Morgan fingerprint density at radius 3 is 2.41 bits per heavy atom. The molecule has 5 aromatic rings. The van der Waals surface area contributed by atoms with Crippen molar-refractivity contribution in [2.24, 2.45) is 0 Å². The SMILES string of the molecule is CNC(=O)Cn1ccnc1-c1ccc(-c2nc3ccccc3c(=O)n2-c2ccc(Cl)cn2)cc1. The van der Waals surface area contributed by atoms with E-state index in [0.29, 0.717) is 33.4 Å². The molecule has 9 heteroatoms.